The van der Waals surface area contributed by atoms with Crippen LogP contribution in [0.15, 0.2) is 24.3 Å². The van der Waals surface area contributed by atoms with Crippen molar-refractivity contribution >= 4 is 17.9 Å². The molecule has 6 nitrogen and oxygen atoms in total. The molecule has 30 heavy (non-hydrogen) atoms. The molecule has 1 aromatic rings. The summed E-state index contributed by atoms with van der Waals surface area (Å²) in [5.41, 5.74) is -0.297. The Morgan fingerprint density at radius 1 is 1.17 bits per heavy atom. The van der Waals surface area contributed by atoms with E-state index in [9.17, 15) is 18.4 Å². The van der Waals surface area contributed by atoms with Gasteiger partial charge in [0.25, 0.3) is 0 Å². The number of methoxy groups -OCH3 is 1. The first-order valence-corrected chi connectivity index (χ1v) is 10.3. The second-order valence-electron chi connectivity index (χ2n) is 7.23. The first-order chi connectivity index (χ1) is 14.3. The maximum atomic E-state index is 13.1. The minimum absolute atomic E-state index is 0.0379. The number of ether oxygens (including phenoxy) is 2. The second kappa shape index (κ2) is 10.9. The van der Waals surface area contributed by atoms with Crippen molar-refractivity contribution < 1.29 is 27.8 Å². The van der Waals surface area contributed by atoms with Gasteiger partial charge >= 0.3 is 6.61 Å². The Labute approximate surface area is 176 Å². The Morgan fingerprint density at radius 3 is 2.40 bits per heavy atom. The van der Waals surface area contributed by atoms with Crippen LogP contribution in [0.2, 0.25) is 0 Å². The van der Waals surface area contributed by atoms with Gasteiger partial charge in [0.2, 0.25) is 11.8 Å². The van der Waals surface area contributed by atoms with Gasteiger partial charge in [0.15, 0.2) is 11.5 Å². The summed E-state index contributed by atoms with van der Waals surface area (Å²) in [7, 11) is 1.35. The van der Waals surface area contributed by atoms with Gasteiger partial charge in [-0.2, -0.15) is 8.78 Å². The Bertz CT molecular complexity index is 758. The topological polar surface area (TPSA) is 67.9 Å². The molecule has 0 bridgehead atoms. The normalized spacial score (nSPS) is 15.8. The number of alkyl halides is 2. The third kappa shape index (κ3) is 5.93. The molecular weight excluding hydrogens is 394 g/mol. The summed E-state index contributed by atoms with van der Waals surface area (Å²) in [6, 6.07) is 4.40. The molecule has 1 N–H and O–H groups in total. The number of carbonyl (C=O) groups is 2. The van der Waals surface area contributed by atoms with Crippen LogP contribution in [0.4, 0.5) is 8.78 Å². The molecule has 166 valence electrons. The zero-order valence-electron chi connectivity index (χ0n) is 17.7. The number of hydrogen-bond acceptors (Lipinski definition) is 4. The van der Waals surface area contributed by atoms with E-state index in [2.05, 4.69) is 10.1 Å². The largest absolute Gasteiger partial charge is 0.493 e. The summed E-state index contributed by atoms with van der Waals surface area (Å²) in [5.74, 6) is -0.355. The van der Waals surface area contributed by atoms with E-state index < -0.39 is 12.2 Å². The Kier molecular flexibility index (Phi) is 8.62. The van der Waals surface area contributed by atoms with Crippen molar-refractivity contribution in [3.05, 3.63) is 29.8 Å². The molecule has 1 aromatic carbocycles. The molecule has 0 atom stereocenters. The molecular formula is C22H30F2N2O4. The van der Waals surface area contributed by atoms with Crippen molar-refractivity contribution in [2.75, 3.05) is 20.2 Å². The predicted octanol–water partition coefficient (Wildman–Crippen LogP) is 4.00. The highest BCUT2D eigenvalue weighted by atomic mass is 19.3. The average Bonchev–Trinajstić information content (AvgIpc) is 2.74. The smallest absolute Gasteiger partial charge is 0.387 e. The molecule has 0 saturated heterocycles. The van der Waals surface area contributed by atoms with Gasteiger partial charge in [-0.1, -0.05) is 25.3 Å². The van der Waals surface area contributed by atoms with Gasteiger partial charge in [-0.25, -0.2) is 0 Å². The highest BCUT2D eigenvalue weighted by molar-refractivity contribution is 5.97. The molecule has 0 heterocycles. The number of halogens is 2. The van der Waals surface area contributed by atoms with Gasteiger partial charge in [0.1, 0.15) is 5.54 Å². The van der Waals surface area contributed by atoms with Crippen LogP contribution >= 0.6 is 0 Å². The van der Waals surface area contributed by atoms with Crippen LogP contribution in [0, 0.1) is 0 Å². The van der Waals surface area contributed by atoms with Gasteiger partial charge in [0.05, 0.1) is 7.11 Å². The van der Waals surface area contributed by atoms with Crippen LogP contribution in [0.3, 0.4) is 0 Å². The maximum absolute atomic E-state index is 13.1. The van der Waals surface area contributed by atoms with Gasteiger partial charge in [-0.05, 0) is 50.5 Å². The van der Waals surface area contributed by atoms with E-state index in [0.717, 1.165) is 19.3 Å². The lowest BCUT2D eigenvalue weighted by molar-refractivity contribution is -0.142. The zero-order valence-corrected chi connectivity index (χ0v) is 17.7. The van der Waals surface area contributed by atoms with Crippen molar-refractivity contribution in [2.45, 2.75) is 58.1 Å². The Hall–Kier alpha value is -2.64. The Balaban J connectivity index is 2.15. The van der Waals surface area contributed by atoms with Crippen LogP contribution in [0.1, 0.15) is 51.5 Å². The van der Waals surface area contributed by atoms with E-state index in [4.69, 9.17) is 4.74 Å². The van der Waals surface area contributed by atoms with E-state index in [1.54, 1.807) is 17.0 Å². The molecule has 0 radical (unpaired) electrons. The fraction of sp³-hybridized carbons (Fsp3) is 0.545. The van der Waals surface area contributed by atoms with Gasteiger partial charge in [-0.3, -0.25) is 9.59 Å². The summed E-state index contributed by atoms with van der Waals surface area (Å²) in [6.07, 6.45) is 6.95. The lowest BCUT2D eigenvalue weighted by atomic mass is 9.80. The van der Waals surface area contributed by atoms with Gasteiger partial charge in [-0.15, -0.1) is 0 Å². The van der Waals surface area contributed by atoms with Crippen molar-refractivity contribution in [3.8, 4) is 11.5 Å². The van der Waals surface area contributed by atoms with E-state index >= 15 is 0 Å². The number of hydrogen-bond donors (Lipinski definition) is 1. The lowest BCUT2D eigenvalue weighted by Crippen LogP contribution is -2.60. The molecule has 1 saturated carbocycles. The van der Waals surface area contributed by atoms with Crippen molar-refractivity contribution in [1.29, 1.82) is 0 Å². The van der Waals surface area contributed by atoms with E-state index in [1.165, 1.54) is 25.3 Å². The first kappa shape index (κ1) is 23.6. The molecule has 2 rings (SSSR count). The van der Waals surface area contributed by atoms with Crippen molar-refractivity contribution in [2.24, 2.45) is 0 Å². The standard InChI is InChI=1S/C22H30F2N2O4/c1-4-26(5-2)20(28)22(13-7-6-8-14-22)25-19(27)12-10-16-9-11-17(30-21(23)24)18(15-16)29-3/h9-12,15,21H,4-8,13-14H2,1-3H3,(H,25,27)/b12-10+. The van der Waals surface area contributed by atoms with Crippen LogP contribution < -0.4 is 14.8 Å². The first-order valence-electron chi connectivity index (χ1n) is 10.3. The highest BCUT2D eigenvalue weighted by Gasteiger charge is 2.42. The number of amides is 2. The lowest BCUT2D eigenvalue weighted by Gasteiger charge is -2.39. The molecule has 0 aromatic heterocycles. The molecule has 1 fully saturated rings. The fourth-order valence-corrected chi connectivity index (χ4v) is 3.79. The number of rotatable bonds is 9. The van der Waals surface area contributed by atoms with E-state index in [1.807, 2.05) is 13.8 Å². The quantitative estimate of drug-likeness (QED) is 0.609. The third-order valence-electron chi connectivity index (χ3n) is 5.36. The summed E-state index contributed by atoms with van der Waals surface area (Å²) < 4.78 is 34.4. The molecule has 0 spiro atoms. The van der Waals surface area contributed by atoms with Gasteiger partial charge in [0, 0.05) is 19.2 Å². The van der Waals surface area contributed by atoms with Crippen LogP contribution in [0.25, 0.3) is 6.08 Å². The average molecular weight is 424 g/mol. The summed E-state index contributed by atoms with van der Waals surface area (Å²) in [5, 5.41) is 2.95. The van der Waals surface area contributed by atoms with Crippen LogP contribution in [-0.4, -0.2) is 49.1 Å². The maximum Gasteiger partial charge on any atom is 0.387 e. The summed E-state index contributed by atoms with van der Waals surface area (Å²) in [6.45, 7) is 2.08. The number of nitrogens with one attached hydrogen (secondary N) is 1. The SMILES string of the molecule is CCN(CC)C(=O)C1(NC(=O)/C=C/c2ccc(OC(F)F)c(OC)c2)CCCCC1. The van der Waals surface area contributed by atoms with E-state index in [-0.39, 0.29) is 23.3 Å². The van der Waals surface area contributed by atoms with Crippen molar-refractivity contribution in [3.63, 3.8) is 0 Å². The monoisotopic (exact) mass is 424 g/mol. The Morgan fingerprint density at radius 2 is 1.83 bits per heavy atom. The molecule has 2 amide bonds. The molecule has 8 heteroatoms. The number of likely N-dealkylation sites (N-methyl/N-ethyl adjacent to an activating group) is 1. The number of benzene rings is 1. The summed E-state index contributed by atoms with van der Waals surface area (Å²) in [4.78, 5) is 27.5. The molecule has 1 aliphatic rings. The number of carbonyl (C=O) groups excluding carboxylic acids is 2. The van der Waals surface area contributed by atoms with Crippen molar-refractivity contribution in [1.82, 2.24) is 10.2 Å². The minimum Gasteiger partial charge on any atom is -0.493 e. The predicted molar refractivity (Wildman–Crippen MR) is 111 cm³/mol. The van der Waals surface area contributed by atoms with Crippen LogP contribution in [-0.2, 0) is 9.59 Å². The fourth-order valence-electron chi connectivity index (χ4n) is 3.79. The zero-order chi connectivity index (χ0) is 22.1. The highest BCUT2D eigenvalue weighted by Crippen LogP contribution is 2.31. The molecule has 0 aliphatic heterocycles. The second-order valence-corrected chi connectivity index (χ2v) is 7.23. The number of nitrogens with zero attached hydrogens (tertiary/aromatic N) is 1. The summed E-state index contributed by atoms with van der Waals surface area (Å²) >= 11 is 0. The third-order valence-corrected chi connectivity index (χ3v) is 5.36. The minimum atomic E-state index is -2.96. The van der Waals surface area contributed by atoms with E-state index in [0.29, 0.717) is 31.5 Å². The molecule has 1 aliphatic carbocycles. The molecule has 0 unspecified atom stereocenters. The van der Waals surface area contributed by atoms with Crippen LogP contribution in [0.5, 0.6) is 11.5 Å². The van der Waals surface area contributed by atoms with Gasteiger partial charge < -0.3 is 19.7 Å².